The number of aliphatic hydroxyl groups is 1. The van der Waals surface area contributed by atoms with Gasteiger partial charge in [-0.2, -0.15) is 0 Å². The smallest absolute Gasteiger partial charge is 0.337 e. The number of hydrogen-bond acceptors (Lipinski definition) is 4. The Morgan fingerprint density at radius 2 is 2.05 bits per heavy atom. The van der Waals surface area contributed by atoms with Crippen molar-refractivity contribution in [2.75, 3.05) is 17.6 Å². The van der Waals surface area contributed by atoms with Crippen molar-refractivity contribution in [2.45, 2.75) is 38.2 Å². The Hall–Kier alpha value is -1.75. The van der Waals surface area contributed by atoms with Crippen LogP contribution >= 0.6 is 0 Å². The Kier molecular flexibility index (Phi) is 3.66. The molecule has 1 aromatic rings. The first kappa shape index (κ1) is 13.7. The van der Waals surface area contributed by atoms with E-state index in [4.69, 9.17) is 10.8 Å². The van der Waals surface area contributed by atoms with Crippen LogP contribution in [0.2, 0.25) is 0 Å². The Balaban J connectivity index is 2.14. The number of carboxylic acids is 1. The van der Waals surface area contributed by atoms with Crippen LogP contribution in [0, 0.1) is 6.92 Å². The molecule has 0 radical (unpaired) electrons. The van der Waals surface area contributed by atoms with E-state index >= 15 is 0 Å². The van der Waals surface area contributed by atoms with Gasteiger partial charge < -0.3 is 21.3 Å². The third-order valence-corrected chi connectivity index (χ3v) is 3.77. The molecule has 2 rings (SSSR count). The first-order valence-electron chi connectivity index (χ1n) is 6.51. The highest BCUT2D eigenvalue weighted by Gasteiger charge is 2.30. The second-order valence-corrected chi connectivity index (χ2v) is 5.34. The number of rotatable bonds is 4. The fraction of sp³-hybridized carbons (Fsp3) is 0.500. The summed E-state index contributed by atoms with van der Waals surface area (Å²) in [5, 5.41) is 22.5. The third kappa shape index (κ3) is 2.98. The lowest BCUT2D eigenvalue weighted by atomic mass is 10.0. The molecule has 104 valence electrons. The van der Waals surface area contributed by atoms with Crippen LogP contribution in [0.5, 0.6) is 0 Å². The summed E-state index contributed by atoms with van der Waals surface area (Å²) in [5.74, 6) is -1.04. The second-order valence-electron chi connectivity index (χ2n) is 5.34. The van der Waals surface area contributed by atoms with Gasteiger partial charge in [-0.15, -0.1) is 0 Å². The van der Waals surface area contributed by atoms with Crippen LogP contribution < -0.4 is 11.1 Å². The van der Waals surface area contributed by atoms with Crippen molar-refractivity contribution in [3.05, 3.63) is 23.3 Å². The molecule has 5 heteroatoms. The molecule has 0 aliphatic heterocycles. The number of nitrogen functional groups attached to an aromatic ring is 1. The molecule has 0 unspecified atom stereocenters. The summed E-state index contributed by atoms with van der Waals surface area (Å²) in [7, 11) is 0. The average molecular weight is 264 g/mol. The van der Waals surface area contributed by atoms with E-state index in [-0.39, 0.29) is 11.3 Å². The van der Waals surface area contributed by atoms with Crippen molar-refractivity contribution >= 4 is 17.3 Å². The number of carboxylic acid groups (broad SMARTS) is 1. The molecule has 5 nitrogen and oxygen atoms in total. The van der Waals surface area contributed by atoms with Gasteiger partial charge in [0, 0.05) is 17.9 Å². The van der Waals surface area contributed by atoms with Gasteiger partial charge in [0.15, 0.2) is 0 Å². The van der Waals surface area contributed by atoms with Gasteiger partial charge in [-0.3, -0.25) is 0 Å². The number of aryl methyl sites for hydroxylation is 1. The minimum absolute atomic E-state index is 0.0981. The molecule has 0 saturated heterocycles. The van der Waals surface area contributed by atoms with Crippen molar-refractivity contribution in [1.29, 1.82) is 0 Å². The van der Waals surface area contributed by atoms with Gasteiger partial charge in [0.05, 0.1) is 11.2 Å². The maximum atomic E-state index is 11.1. The summed E-state index contributed by atoms with van der Waals surface area (Å²) in [6, 6.07) is 3.32. The predicted octanol–water partition coefficient (Wildman–Crippen LogP) is 1.99. The lowest BCUT2D eigenvalue weighted by Crippen LogP contribution is -2.33. The number of aromatic carboxylic acids is 1. The zero-order chi connectivity index (χ0) is 14.0. The maximum Gasteiger partial charge on any atom is 0.337 e. The number of nitrogens with one attached hydrogen (secondary N) is 1. The zero-order valence-corrected chi connectivity index (χ0v) is 11.1. The summed E-state index contributed by atoms with van der Waals surface area (Å²) < 4.78 is 0. The van der Waals surface area contributed by atoms with Gasteiger partial charge in [0.2, 0.25) is 0 Å². The average Bonchev–Trinajstić information content (AvgIpc) is 2.78. The van der Waals surface area contributed by atoms with Crippen molar-refractivity contribution < 1.29 is 15.0 Å². The van der Waals surface area contributed by atoms with Gasteiger partial charge in [0.25, 0.3) is 0 Å². The van der Waals surface area contributed by atoms with Gasteiger partial charge in [-0.1, -0.05) is 12.8 Å². The second kappa shape index (κ2) is 5.09. The van der Waals surface area contributed by atoms with E-state index in [0.29, 0.717) is 12.2 Å². The Morgan fingerprint density at radius 1 is 1.42 bits per heavy atom. The maximum absolute atomic E-state index is 11.1. The quantitative estimate of drug-likeness (QED) is 0.624. The molecule has 1 aliphatic carbocycles. The molecule has 0 aromatic heterocycles. The van der Waals surface area contributed by atoms with Crippen LogP contribution in [0.3, 0.4) is 0 Å². The molecule has 0 atom stereocenters. The fourth-order valence-electron chi connectivity index (χ4n) is 2.55. The van der Waals surface area contributed by atoms with E-state index in [9.17, 15) is 9.90 Å². The van der Waals surface area contributed by atoms with E-state index in [2.05, 4.69) is 5.32 Å². The van der Waals surface area contributed by atoms with Crippen LogP contribution in [-0.2, 0) is 0 Å². The molecular formula is C14H20N2O3. The standard InChI is InChI=1S/C14H20N2O3/c1-9-6-10(7-11(12(9)15)13(17)18)16-8-14(19)4-2-3-5-14/h6-7,16,19H,2-5,8,15H2,1H3,(H,17,18). The van der Waals surface area contributed by atoms with Gasteiger partial charge >= 0.3 is 5.97 Å². The molecule has 19 heavy (non-hydrogen) atoms. The fourth-order valence-corrected chi connectivity index (χ4v) is 2.55. The summed E-state index contributed by atoms with van der Waals surface area (Å²) >= 11 is 0. The number of hydrogen-bond donors (Lipinski definition) is 4. The van der Waals surface area contributed by atoms with E-state index in [1.165, 1.54) is 6.07 Å². The van der Waals surface area contributed by atoms with Crippen molar-refractivity contribution in [1.82, 2.24) is 0 Å². The highest BCUT2D eigenvalue weighted by Crippen LogP contribution is 2.30. The van der Waals surface area contributed by atoms with Crippen LogP contribution in [0.4, 0.5) is 11.4 Å². The number of carbonyl (C=O) groups is 1. The molecule has 1 aliphatic rings. The van der Waals surface area contributed by atoms with E-state index in [1.807, 2.05) is 0 Å². The van der Waals surface area contributed by atoms with Crippen LogP contribution in [0.15, 0.2) is 12.1 Å². The topological polar surface area (TPSA) is 95.6 Å². The summed E-state index contributed by atoms with van der Waals surface area (Å²) in [6.07, 6.45) is 3.66. The summed E-state index contributed by atoms with van der Waals surface area (Å²) in [4.78, 5) is 11.1. The number of anilines is 2. The van der Waals surface area contributed by atoms with Crippen molar-refractivity contribution in [2.24, 2.45) is 0 Å². The van der Waals surface area contributed by atoms with Crippen LogP contribution in [0.25, 0.3) is 0 Å². The molecule has 0 heterocycles. The highest BCUT2D eigenvalue weighted by molar-refractivity contribution is 5.95. The van der Waals surface area contributed by atoms with Gasteiger partial charge in [0.1, 0.15) is 0 Å². The number of benzene rings is 1. The molecule has 5 N–H and O–H groups in total. The van der Waals surface area contributed by atoms with Crippen LogP contribution in [-0.4, -0.2) is 28.3 Å². The van der Waals surface area contributed by atoms with Crippen LogP contribution in [0.1, 0.15) is 41.6 Å². The normalized spacial score (nSPS) is 17.4. The molecule has 1 saturated carbocycles. The molecule has 0 bridgehead atoms. The van der Waals surface area contributed by atoms with E-state index in [0.717, 1.165) is 31.2 Å². The lowest BCUT2D eigenvalue weighted by molar-refractivity contribution is 0.0614. The Morgan fingerprint density at radius 3 is 2.63 bits per heavy atom. The molecule has 0 amide bonds. The first-order chi connectivity index (χ1) is 8.91. The van der Waals surface area contributed by atoms with Gasteiger partial charge in [-0.05, 0) is 37.5 Å². The SMILES string of the molecule is Cc1cc(NCC2(O)CCCC2)cc(C(=O)O)c1N. The molecule has 1 aromatic carbocycles. The Labute approximate surface area is 112 Å². The van der Waals surface area contributed by atoms with Crippen molar-refractivity contribution in [3.8, 4) is 0 Å². The van der Waals surface area contributed by atoms with E-state index < -0.39 is 11.6 Å². The molecule has 0 spiro atoms. The molecule has 1 fully saturated rings. The summed E-state index contributed by atoms with van der Waals surface area (Å²) in [6.45, 7) is 2.21. The zero-order valence-electron chi connectivity index (χ0n) is 11.1. The predicted molar refractivity (Wildman–Crippen MR) is 74.5 cm³/mol. The third-order valence-electron chi connectivity index (χ3n) is 3.77. The monoisotopic (exact) mass is 264 g/mol. The lowest BCUT2D eigenvalue weighted by Gasteiger charge is -2.23. The molecular weight excluding hydrogens is 244 g/mol. The van der Waals surface area contributed by atoms with Gasteiger partial charge in [-0.25, -0.2) is 4.79 Å². The summed E-state index contributed by atoms with van der Waals surface area (Å²) in [5.41, 5.74) is 6.87. The van der Waals surface area contributed by atoms with Crippen molar-refractivity contribution in [3.63, 3.8) is 0 Å². The van der Waals surface area contributed by atoms with E-state index in [1.54, 1.807) is 13.0 Å². The minimum atomic E-state index is -1.04. The Bertz CT molecular complexity index is 494. The first-order valence-corrected chi connectivity index (χ1v) is 6.51. The number of nitrogens with two attached hydrogens (primary N) is 1. The minimum Gasteiger partial charge on any atom is -0.478 e. The highest BCUT2D eigenvalue weighted by atomic mass is 16.4. The largest absolute Gasteiger partial charge is 0.478 e.